The summed E-state index contributed by atoms with van der Waals surface area (Å²) in [6, 6.07) is 3.36. The molecule has 0 fully saturated rings. The zero-order chi connectivity index (χ0) is 9.68. The van der Waals surface area contributed by atoms with E-state index in [1.807, 2.05) is 13.1 Å². The molecular formula is C9H15N3O. The van der Waals surface area contributed by atoms with Crippen LogP contribution in [0.25, 0.3) is 0 Å². The van der Waals surface area contributed by atoms with Crippen molar-refractivity contribution in [2.45, 2.75) is 6.54 Å². The molecule has 0 atom stereocenters. The molecule has 0 saturated carbocycles. The van der Waals surface area contributed by atoms with E-state index in [0.717, 1.165) is 18.7 Å². The van der Waals surface area contributed by atoms with Gasteiger partial charge in [0.25, 0.3) is 0 Å². The van der Waals surface area contributed by atoms with E-state index in [4.69, 9.17) is 5.73 Å². The van der Waals surface area contributed by atoms with Crippen molar-refractivity contribution in [1.82, 2.24) is 9.88 Å². The van der Waals surface area contributed by atoms with Crippen LogP contribution in [0.1, 0.15) is 5.56 Å². The fourth-order valence-corrected chi connectivity index (χ4v) is 1.15. The van der Waals surface area contributed by atoms with Gasteiger partial charge in [-0.1, -0.05) is 6.07 Å². The smallest absolute Gasteiger partial charge is 0.247 e. The highest BCUT2D eigenvalue weighted by Gasteiger charge is 1.98. The van der Waals surface area contributed by atoms with E-state index in [1.54, 1.807) is 6.20 Å². The van der Waals surface area contributed by atoms with Gasteiger partial charge in [0.05, 0.1) is 0 Å². The highest BCUT2D eigenvalue weighted by atomic mass is 16.1. The van der Waals surface area contributed by atoms with Crippen LogP contribution in [0.5, 0.6) is 0 Å². The second-order valence-corrected chi connectivity index (χ2v) is 3.09. The number of hydrogen-bond acceptors (Lipinski definition) is 3. The first-order valence-corrected chi connectivity index (χ1v) is 4.28. The summed E-state index contributed by atoms with van der Waals surface area (Å²) in [7, 11) is 2.00. The first-order valence-electron chi connectivity index (χ1n) is 4.28. The van der Waals surface area contributed by atoms with E-state index in [0.29, 0.717) is 6.54 Å². The molecule has 0 radical (unpaired) electrons. The lowest BCUT2D eigenvalue weighted by Crippen LogP contribution is -2.25. The molecule has 1 aromatic rings. The molecule has 0 amide bonds. The summed E-state index contributed by atoms with van der Waals surface area (Å²) in [6.45, 7) is 2.33. The minimum absolute atomic E-state index is 0.0646. The van der Waals surface area contributed by atoms with Crippen molar-refractivity contribution in [3.8, 4) is 0 Å². The van der Waals surface area contributed by atoms with Crippen LogP contribution >= 0.6 is 0 Å². The van der Waals surface area contributed by atoms with Crippen molar-refractivity contribution in [1.29, 1.82) is 0 Å². The van der Waals surface area contributed by atoms with Crippen molar-refractivity contribution in [3.63, 3.8) is 0 Å². The molecule has 0 saturated heterocycles. The van der Waals surface area contributed by atoms with Gasteiger partial charge in [0.15, 0.2) is 0 Å². The molecule has 0 aliphatic heterocycles. The highest BCUT2D eigenvalue weighted by Crippen LogP contribution is 1.97. The van der Waals surface area contributed by atoms with Crippen LogP contribution in [0.2, 0.25) is 0 Å². The van der Waals surface area contributed by atoms with Gasteiger partial charge in [-0.3, -0.25) is 4.79 Å². The van der Waals surface area contributed by atoms with Crippen LogP contribution in [-0.4, -0.2) is 30.0 Å². The van der Waals surface area contributed by atoms with E-state index in [-0.39, 0.29) is 5.56 Å². The highest BCUT2D eigenvalue weighted by molar-refractivity contribution is 5.08. The van der Waals surface area contributed by atoms with Crippen molar-refractivity contribution >= 4 is 0 Å². The Bertz CT molecular complexity index is 287. The summed E-state index contributed by atoms with van der Waals surface area (Å²) in [5.74, 6) is 0. The number of aromatic amines is 1. The van der Waals surface area contributed by atoms with Gasteiger partial charge < -0.3 is 15.6 Å². The third-order valence-corrected chi connectivity index (χ3v) is 1.81. The topological polar surface area (TPSA) is 62.1 Å². The molecule has 0 bridgehead atoms. The van der Waals surface area contributed by atoms with Gasteiger partial charge in [-0.15, -0.1) is 0 Å². The van der Waals surface area contributed by atoms with E-state index in [1.165, 1.54) is 6.07 Å². The molecular weight excluding hydrogens is 166 g/mol. The summed E-state index contributed by atoms with van der Waals surface area (Å²) in [5, 5.41) is 0. The van der Waals surface area contributed by atoms with E-state index >= 15 is 0 Å². The molecule has 1 aromatic heterocycles. The van der Waals surface area contributed by atoms with Gasteiger partial charge in [0.1, 0.15) is 0 Å². The Labute approximate surface area is 77.4 Å². The van der Waals surface area contributed by atoms with Crippen molar-refractivity contribution in [2.75, 3.05) is 20.1 Å². The monoisotopic (exact) mass is 181 g/mol. The van der Waals surface area contributed by atoms with Gasteiger partial charge in [-0.05, 0) is 12.6 Å². The number of likely N-dealkylation sites (N-methyl/N-ethyl adjacent to an activating group) is 1. The Morgan fingerprint density at radius 3 is 2.85 bits per heavy atom. The van der Waals surface area contributed by atoms with Crippen LogP contribution in [-0.2, 0) is 6.54 Å². The summed E-state index contributed by atoms with van der Waals surface area (Å²) >= 11 is 0. The number of H-pyrrole nitrogens is 1. The number of nitrogens with one attached hydrogen (secondary N) is 1. The Balaban J connectivity index is 2.54. The SMILES string of the molecule is CN(CCN)Cc1ccc(=O)[nH]c1. The quantitative estimate of drug-likeness (QED) is 0.674. The van der Waals surface area contributed by atoms with Crippen LogP contribution in [0.15, 0.2) is 23.1 Å². The molecule has 0 aliphatic rings. The maximum Gasteiger partial charge on any atom is 0.247 e. The zero-order valence-electron chi connectivity index (χ0n) is 7.79. The fourth-order valence-electron chi connectivity index (χ4n) is 1.15. The summed E-state index contributed by atoms with van der Waals surface area (Å²) in [4.78, 5) is 15.5. The van der Waals surface area contributed by atoms with Crippen LogP contribution in [0.3, 0.4) is 0 Å². The Kier molecular flexibility index (Phi) is 3.67. The van der Waals surface area contributed by atoms with Gasteiger partial charge in [-0.2, -0.15) is 0 Å². The maximum atomic E-state index is 10.7. The minimum atomic E-state index is -0.0646. The van der Waals surface area contributed by atoms with Crippen LogP contribution in [0.4, 0.5) is 0 Å². The molecule has 0 spiro atoms. The van der Waals surface area contributed by atoms with Crippen molar-refractivity contribution in [3.05, 3.63) is 34.2 Å². The lowest BCUT2D eigenvalue weighted by atomic mass is 10.3. The fraction of sp³-hybridized carbons (Fsp3) is 0.444. The standard InChI is InChI=1S/C9H15N3O/c1-12(5-4-10)7-8-2-3-9(13)11-6-8/h2-3,6H,4-5,7,10H2,1H3,(H,11,13). The molecule has 1 heterocycles. The van der Waals surface area contributed by atoms with Crippen LogP contribution in [0, 0.1) is 0 Å². The second kappa shape index (κ2) is 4.79. The first-order chi connectivity index (χ1) is 6.22. The van der Waals surface area contributed by atoms with Crippen LogP contribution < -0.4 is 11.3 Å². The largest absolute Gasteiger partial charge is 0.329 e. The molecule has 13 heavy (non-hydrogen) atoms. The first kappa shape index (κ1) is 9.95. The number of hydrogen-bond donors (Lipinski definition) is 2. The summed E-state index contributed by atoms with van der Waals surface area (Å²) in [5.41, 5.74) is 6.44. The average molecular weight is 181 g/mol. The maximum absolute atomic E-state index is 10.7. The number of aromatic nitrogens is 1. The molecule has 4 nitrogen and oxygen atoms in total. The Morgan fingerprint density at radius 2 is 2.31 bits per heavy atom. The van der Waals surface area contributed by atoms with Gasteiger partial charge in [-0.25, -0.2) is 0 Å². The molecule has 0 aliphatic carbocycles. The van der Waals surface area contributed by atoms with E-state index in [9.17, 15) is 4.79 Å². The van der Waals surface area contributed by atoms with Crippen molar-refractivity contribution < 1.29 is 0 Å². The average Bonchev–Trinajstić information content (AvgIpc) is 2.09. The molecule has 72 valence electrons. The van der Waals surface area contributed by atoms with E-state index in [2.05, 4.69) is 9.88 Å². The lowest BCUT2D eigenvalue weighted by molar-refractivity contribution is 0.336. The van der Waals surface area contributed by atoms with Crippen molar-refractivity contribution in [2.24, 2.45) is 5.73 Å². The predicted molar refractivity (Wildman–Crippen MR) is 52.5 cm³/mol. The minimum Gasteiger partial charge on any atom is -0.329 e. The normalized spacial score (nSPS) is 10.7. The Hall–Kier alpha value is -1.13. The van der Waals surface area contributed by atoms with Gasteiger partial charge in [0.2, 0.25) is 5.56 Å². The number of pyridine rings is 1. The van der Waals surface area contributed by atoms with Gasteiger partial charge in [0, 0.05) is 31.9 Å². The molecule has 3 N–H and O–H groups in total. The third-order valence-electron chi connectivity index (χ3n) is 1.81. The molecule has 1 rings (SSSR count). The molecule has 4 heteroatoms. The van der Waals surface area contributed by atoms with Gasteiger partial charge >= 0.3 is 0 Å². The Morgan fingerprint density at radius 1 is 1.54 bits per heavy atom. The molecule has 0 aromatic carbocycles. The second-order valence-electron chi connectivity index (χ2n) is 3.09. The third kappa shape index (κ3) is 3.40. The number of rotatable bonds is 4. The zero-order valence-corrected chi connectivity index (χ0v) is 7.79. The summed E-state index contributed by atoms with van der Waals surface area (Å²) < 4.78 is 0. The lowest BCUT2D eigenvalue weighted by Gasteiger charge is -2.14. The number of nitrogens with two attached hydrogens (primary N) is 1. The molecule has 0 unspecified atom stereocenters. The predicted octanol–water partition coefficient (Wildman–Crippen LogP) is -0.235. The summed E-state index contributed by atoms with van der Waals surface area (Å²) in [6.07, 6.45) is 1.73. The van der Waals surface area contributed by atoms with E-state index < -0.39 is 0 Å². The number of nitrogens with zero attached hydrogens (tertiary/aromatic N) is 1.